The van der Waals surface area contributed by atoms with Gasteiger partial charge in [-0.25, -0.2) is 9.64 Å². The number of nitrogens with zero attached hydrogens (tertiary/aromatic N) is 2. The van der Waals surface area contributed by atoms with Crippen LogP contribution in [0.1, 0.15) is 34.5 Å². The summed E-state index contributed by atoms with van der Waals surface area (Å²) in [6.45, 7) is 9.02. The van der Waals surface area contributed by atoms with Crippen molar-refractivity contribution in [3.8, 4) is 0 Å². The molecular weight excluding hydrogens is 447 g/mol. The van der Waals surface area contributed by atoms with Gasteiger partial charge in [0.05, 0.1) is 23.2 Å². The predicted molar refractivity (Wildman–Crippen MR) is 125 cm³/mol. The Labute approximate surface area is 196 Å². The van der Waals surface area contributed by atoms with Crippen molar-refractivity contribution in [2.75, 3.05) is 0 Å². The van der Waals surface area contributed by atoms with Gasteiger partial charge in [0.25, 0.3) is 5.91 Å². The molecule has 0 heterocycles. The Hall–Kier alpha value is -3.33. The molecule has 3 rings (SSSR count). The maximum atomic E-state index is 13.7. The lowest BCUT2D eigenvalue weighted by Crippen LogP contribution is -2.47. The molecule has 0 saturated carbocycles. The summed E-state index contributed by atoms with van der Waals surface area (Å²) in [6, 6.07) is 18.6. The number of carboxylic acid groups (broad SMARTS) is 1. The molecule has 1 N–H and O–H groups in total. The van der Waals surface area contributed by atoms with E-state index in [1.54, 1.807) is 31.2 Å². The molecule has 0 aliphatic rings. The monoisotopic (exact) mass is 466 g/mol. The molecule has 0 aliphatic carbocycles. The average Bonchev–Trinajstić information content (AvgIpc) is 2.79. The molecule has 7 heteroatoms. The summed E-state index contributed by atoms with van der Waals surface area (Å²) in [4.78, 5) is 30.8. The van der Waals surface area contributed by atoms with E-state index in [1.807, 2.05) is 30.3 Å². The van der Waals surface area contributed by atoms with E-state index in [9.17, 15) is 14.7 Å². The van der Waals surface area contributed by atoms with Crippen LogP contribution in [-0.2, 0) is 11.2 Å². The molecule has 162 valence electrons. The Kier molecular flexibility index (Phi) is 7.53. The van der Waals surface area contributed by atoms with Crippen molar-refractivity contribution < 1.29 is 14.7 Å². The van der Waals surface area contributed by atoms with Crippen LogP contribution in [0.25, 0.3) is 4.85 Å². The summed E-state index contributed by atoms with van der Waals surface area (Å²) in [5, 5.41) is 10.6. The second-order valence-corrected chi connectivity index (χ2v) is 8.11. The average molecular weight is 467 g/mol. The second-order valence-electron chi connectivity index (χ2n) is 7.26. The van der Waals surface area contributed by atoms with Gasteiger partial charge >= 0.3 is 5.97 Å². The van der Waals surface area contributed by atoms with E-state index in [0.717, 1.165) is 5.56 Å². The highest BCUT2D eigenvalue weighted by molar-refractivity contribution is 6.36. The standard InChI is InChI=1S/C25H20Cl2N2O3/c1-16(18-9-6-10-20(14-18)28-2)29(24(30)21-12-11-19(26)15-22(21)27)23(25(31)32)13-17-7-4-3-5-8-17/h3-12,14-16,23H,13H2,1H3,(H,31,32)/t16?,23-/m0/s1. The van der Waals surface area contributed by atoms with Gasteiger partial charge in [0.15, 0.2) is 5.69 Å². The van der Waals surface area contributed by atoms with Crippen molar-refractivity contribution in [2.45, 2.75) is 25.4 Å². The highest BCUT2D eigenvalue weighted by Gasteiger charge is 2.35. The summed E-state index contributed by atoms with van der Waals surface area (Å²) >= 11 is 12.3. The number of hydrogen-bond acceptors (Lipinski definition) is 2. The predicted octanol–water partition coefficient (Wildman–Crippen LogP) is 6.44. The topological polar surface area (TPSA) is 62.0 Å². The first kappa shape index (κ1) is 23.3. The number of carbonyl (C=O) groups excluding carboxylic acids is 1. The Morgan fingerprint density at radius 2 is 1.75 bits per heavy atom. The number of amides is 1. The van der Waals surface area contributed by atoms with Crippen LogP contribution >= 0.6 is 23.2 Å². The minimum Gasteiger partial charge on any atom is -0.480 e. The Balaban J connectivity index is 2.11. The molecule has 0 aliphatic heterocycles. The quantitative estimate of drug-likeness (QED) is 0.407. The Bertz CT molecular complexity index is 1180. The fraction of sp³-hybridized carbons (Fsp3) is 0.160. The lowest BCUT2D eigenvalue weighted by Gasteiger charge is -2.35. The van der Waals surface area contributed by atoms with E-state index in [4.69, 9.17) is 29.8 Å². The third-order valence-electron chi connectivity index (χ3n) is 5.19. The second kappa shape index (κ2) is 10.3. The fourth-order valence-electron chi connectivity index (χ4n) is 3.55. The van der Waals surface area contributed by atoms with E-state index in [2.05, 4.69) is 4.85 Å². The van der Waals surface area contributed by atoms with Crippen LogP contribution in [0.3, 0.4) is 0 Å². The van der Waals surface area contributed by atoms with Crippen LogP contribution in [0.5, 0.6) is 0 Å². The highest BCUT2D eigenvalue weighted by atomic mass is 35.5. The number of halogens is 2. The molecular formula is C25H20Cl2N2O3. The number of carbonyl (C=O) groups is 2. The van der Waals surface area contributed by atoms with Gasteiger partial charge in [-0.1, -0.05) is 77.8 Å². The van der Waals surface area contributed by atoms with Gasteiger partial charge in [-0.15, -0.1) is 0 Å². The number of aliphatic carboxylic acids is 1. The van der Waals surface area contributed by atoms with Crippen molar-refractivity contribution in [1.82, 2.24) is 4.90 Å². The van der Waals surface area contributed by atoms with E-state index >= 15 is 0 Å². The summed E-state index contributed by atoms with van der Waals surface area (Å²) in [6.07, 6.45) is 0.111. The molecule has 0 spiro atoms. The van der Waals surface area contributed by atoms with Crippen molar-refractivity contribution in [2.24, 2.45) is 0 Å². The van der Waals surface area contributed by atoms with Crippen LogP contribution in [0, 0.1) is 6.57 Å². The number of rotatable bonds is 7. The van der Waals surface area contributed by atoms with Crippen LogP contribution in [0.2, 0.25) is 10.0 Å². The van der Waals surface area contributed by atoms with Crippen molar-refractivity contribution in [3.05, 3.63) is 111 Å². The highest BCUT2D eigenvalue weighted by Crippen LogP contribution is 2.31. The van der Waals surface area contributed by atoms with Crippen LogP contribution in [0.4, 0.5) is 5.69 Å². The van der Waals surface area contributed by atoms with E-state index in [1.165, 1.54) is 23.1 Å². The molecule has 0 bridgehead atoms. The van der Waals surface area contributed by atoms with E-state index in [-0.39, 0.29) is 17.0 Å². The third kappa shape index (κ3) is 5.28. The SMILES string of the molecule is [C-]#[N+]c1cccc(C(C)N(C(=O)c2ccc(Cl)cc2Cl)[C@@H](Cc2ccccc2)C(=O)O)c1. The summed E-state index contributed by atoms with van der Waals surface area (Å²) in [7, 11) is 0. The molecule has 32 heavy (non-hydrogen) atoms. The molecule has 0 aromatic heterocycles. The molecule has 3 aromatic rings. The maximum absolute atomic E-state index is 13.7. The molecule has 0 saturated heterocycles. The van der Waals surface area contributed by atoms with Gasteiger partial charge in [-0.3, -0.25) is 4.79 Å². The zero-order valence-electron chi connectivity index (χ0n) is 17.2. The van der Waals surface area contributed by atoms with Crippen LogP contribution < -0.4 is 0 Å². The van der Waals surface area contributed by atoms with Gasteiger partial charge in [0, 0.05) is 11.4 Å². The first-order valence-corrected chi connectivity index (χ1v) is 10.6. The summed E-state index contributed by atoms with van der Waals surface area (Å²) < 4.78 is 0. The first-order chi connectivity index (χ1) is 15.3. The molecule has 5 nitrogen and oxygen atoms in total. The maximum Gasteiger partial charge on any atom is 0.326 e. The van der Waals surface area contributed by atoms with Crippen molar-refractivity contribution in [1.29, 1.82) is 0 Å². The van der Waals surface area contributed by atoms with Crippen molar-refractivity contribution >= 4 is 40.8 Å². The van der Waals surface area contributed by atoms with Gasteiger partial charge in [-0.05, 0) is 36.2 Å². The number of benzene rings is 3. The van der Waals surface area contributed by atoms with Gasteiger partial charge in [-0.2, -0.15) is 0 Å². The lowest BCUT2D eigenvalue weighted by molar-refractivity contribution is -0.143. The summed E-state index contributed by atoms with van der Waals surface area (Å²) in [5.74, 6) is -1.67. The largest absolute Gasteiger partial charge is 0.480 e. The molecule has 0 fully saturated rings. The Morgan fingerprint density at radius 3 is 2.38 bits per heavy atom. The summed E-state index contributed by atoms with van der Waals surface area (Å²) in [5.41, 5.74) is 1.99. The first-order valence-electron chi connectivity index (χ1n) is 9.83. The smallest absolute Gasteiger partial charge is 0.326 e. The van der Waals surface area contributed by atoms with Crippen LogP contribution in [-0.4, -0.2) is 27.9 Å². The van der Waals surface area contributed by atoms with Crippen LogP contribution in [0.15, 0.2) is 72.8 Å². The molecule has 3 aromatic carbocycles. The van der Waals surface area contributed by atoms with Crippen molar-refractivity contribution in [3.63, 3.8) is 0 Å². The zero-order valence-corrected chi connectivity index (χ0v) is 18.7. The zero-order chi connectivity index (χ0) is 23.3. The molecule has 2 atom stereocenters. The molecule has 1 amide bonds. The third-order valence-corrected chi connectivity index (χ3v) is 5.74. The number of carboxylic acids is 1. The van der Waals surface area contributed by atoms with Gasteiger partial charge in [0.1, 0.15) is 6.04 Å². The minimum atomic E-state index is -1.16. The normalized spacial score (nSPS) is 12.4. The minimum absolute atomic E-state index is 0.111. The number of hydrogen-bond donors (Lipinski definition) is 1. The lowest BCUT2D eigenvalue weighted by atomic mass is 9.98. The Morgan fingerprint density at radius 1 is 1.03 bits per heavy atom. The fourth-order valence-corrected chi connectivity index (χ4v) is 4.04. The molecule has 0 radical (unpaired) electrons. The van der Waals surface area contributed by atoms with E-state index in [0.29, 0.717) is 16.3 Å². The van der Waals surface area contributed by atoms with Gasteiger partial charge < -0.3 is 10.0 Å². The van der Waals surface area contributed by atoms with Gasteiger partial charge in [0.2, 0.25) is 0 Å². The molecule has 1 unspecified atom stereocenters. The van der Waals surface area contributed by atoms with E-state index < -0.39 is 24.0 Å².